The van der Waals surface area contributed by atoms with Crippen LogP contribution in [0.25, 0.3) is 0 Å². The van der Waals surface area contributed by atoms with E-state index in [4.69, 9.17) is 5.11 Å². The number of carbonyl (C=O) groups excluding carboxylic acids is 1. The van der Waals surface area contributed by atoms with Crippen LogP contribution in [0.2, 0.25) is 0 Å². The van der Waals surface area contributed by atoms with Crippen molar-refractivity contribution in [2.45, 2.75) is 39.0 Å². The quantitative estimate of drug-likeness (QED) is 0.705. The van der Waals surface area contributed by atoms with Crippen molar-refractivity contribution in [3.63, 3.8) is 0 Å². The Hall–Kier alpha value is -1.84. The molecule has 0 aromatic heterocycles. The number of carboxylic acid groups (broad SMARTS) is 1. The Morgan fingerprint density at radius 2 is 1.75 bits per heavy atom. The number of nitrogens with zero attached hydrogens (tertiary/aromatic N) is 1. The third-order valence-corrected chi connectivity index (χ3v) is 3.19. The maximum absolute atomic E-state index is 12.4. The summed E-state index contributed by atoms with van der Waals surface area (Å²) < 4.78 is 0. The van der Waals surface area contributed by atoms with Crippen molar-refractivity contribution in [3.8, 4) is 0 Å². The smallest absolute Gasteiger partial charge is 0.305 e. The van der Waals surface area contributed by atoms with Crippen molar-refractivity contribution in [2.75, 3.05) is 13.1 Å². The topological polar surface area (TPSA) is 57.6 Å². The number of benzene rings is 1. The first-order chi connectivity index (χ1) is 9.65. The Balaban J connectivity index is 2.60. The molecule has 0 fully saturated rings. The highest BCUT2D eigenvalue weighted by molar-refractivity contribution is 5.94. The van der Waals surface area contributed by atoms with Crippen LogP contribution < -0.4 is 0 Å². The molecule has 1 rings (SSSR count). The van der Waals surface area contributed by atoms with Crippen LogP contribution in [0.4, 0.5) is 0 Å². The Bertz CT molecular complexity index is 417. The van der Waals surface area contributed by atoms with E-state index >= 15 is 0 Å². The average molecular weight is 277 g/mol. The highest BCUT2D eigenvalue weighted by Gasteiger charge is 2.15. The lowest BCUT2D eigenvalue weighted by molar-refractivity contribution is -0.137. The van der Waals surface area contributed by atoms with Crippen molar-refractivity contribution in [1.82, 2.24) is 4.90 Å². The van der Waals surface area contributed by atoms with E-state index in [1.54, 1.807) is 17.0 Å². The largest absolute Gasteiger partial charge is 0.481 e. The van der Waals surface area contributed by atoms with Crippen molar-refractivity contribution in [1.29, 1.82) is 0 Å². The molecule has 1 amide bonds. The van der Waals surface area contributed by atoms with Gasteiger partial charge in [-0.25, -0.2) is 0 Å². The molecule has 1 aromatic rings. The van der Waals surface area contributed by atoms with Gasteiger partial charge in [-0.2, -0.15) is 0 Å². The molecule has 0 bridgehead atoms. The molecule has 0 saturated heterocycles. The molecule has 0 radical (unpaired) electrons. The average Bonchev–Trinajstić information content (AvgIpc) is 2.46. The Morgan fingerprint density at radius 3 is 2.35 bits per heavy atom. The molecule has 1 aromatic carbocycles. The lowest BCUT2D eigenvalue weighted by atomic mass is 10.1. The van der Waals surface area contributed by atoms with Gasteiger partial charge in [0.15, 0.2) is 0 Å². The number of aliphatic carboxylic acids is 1. The minimum absolute atomic E-state index is 0.00759. The molecule has 110 valence electrons. The predicted octanol–water partition coefficient (Wildman–Crippen LogP) is 3.18. The molecule has 4 nitrogen and oxygen atoms in total. The molecule has 4 heteroatoms. The van der Waals surface area contributed by atoms with Gasteiger partial charge < -0.3 is 10.0 Å². The van der Waals surface area contributed by atoms with Crippen LogP contribution in [0, 0.1) is 0 Å². The number of carbonyl (C=O) groups is 2. The van der Waals surface area contributed by atoms with Crippen molar-refractivity contribution >= 4 is 11.9 Å². The number of rotatable bonds is 9. The SMILES string of the molecule is CCCCCCN(CCC(=O)O)C(=O)c1ccccc1. The van der Waals surface area contributed by atoms with Crippen LogP contribution in [-0.2, 0) is 4.79 Å². The number of carboxylic acids is 1. The molecular formula is C16H23NO3. The first-order valence-electron chi connectivity index (χ1n) is 7.21. The zero-order chi connectivity index (χ0) is 14.8. The van der Waals surface area contributed by atoms with E-state index in [1.165, 1.54) is 0 Å². The minimum Gasteiger partial charge on any atom is -0.481 e. The van der Waals surface area contributed by atoms with Crippen LogP contribution in [0.15, 0.2) is 30.3 Å². The van der Waals surface area contributed by atoms with E-state index in [0.29, 0.717) is 12.1 Å². The van der Waals surface area contributed by atoms with Crippen LogP contribution in [-0.4, -0.2) is 35.0 Å². The van der Waals surface area contributed by atoms with E-state index in [-0.39, 0.29) is 18.9 Å². The van der Waals surface area contributed by atoms with Crippen LogP contribution in [0.1, 0.15) is 49.4 Å². The summed E-state index contributed by atoms with van der Waals surface area (Å²) in [6.07, 6.45) is 4.27. The van der Waals surface area contributed by atoms with Gasteiger partial charge in [-0.1, -0.05) is 44.4 Å². The second-order valence-electron chi connectivity index (χ2n) is 4.86. The van der Waals surface area contributed by atoms with Crippen LogP contribution in [0.3, 0.4) is 0 Å². The van der Waals surface area contributed by atoms with Crippen LogP contribution >= 0.6 is 0 Å². The van der Waals surface area contributed by atoms with E-state index in [0.717, 1.165) is 25.7 Å². The molecule has 0 aliphatic rings. The van der Waals surface area contributed by atoms with Gasteiger partial charge in [-0.05, 0) is 18.6 Å². The zero-order valence-corrected chi connectivity index (χ0v) is 12.0. The fourth-order valence-corrected chi connectivity index (χ4v) is 2.04. The molecule has 0 atom stereocenters. The molecule has 0 aliphatic heterocycles. The first kappa shape index (κ1) is 16.2. The Labute approximate surface area is 120 Å². The lowest BCUT2D eigenvalue weighted by Gasteiger charge is -2.22. The highest BCUT2D eigenvalue weighted by atomic mass is 16.4. The van der Waals surface area contributed by atoms with Crippen LogP contribution in [0.5, 0.6) is 0 Å². The monoisotopic (exact) mass is 277 g/mol. The third-order valence-electron chi connectivity index (χ3n) is 3.19. The number of unbranched alkanes of at least 4 members (excludes halogenated alkanes) is 3. The summed E-state index contributed by atoms with van der Waals surface area (Å²) in [6.45, 7) is 3.04. The van der Waals surface area contributed by atoms with Crippen molar-refractivity contribution in [2.24, 2.45) is 0 Å². The van der Waals surface area contributed by atoms with E-state index in [1.807, 2.05) is 18.2 Å². The summed E-state index contributed by atoms with van der Waals surface area (Å²) in [5.41, 5.74) is 0.619. The molecule has 0 unspecified atom stereocenters. The summed E-state index contributed by atoms with van der Waals surface area (Å²) in [4.78, 5) is 24.7. The van der Waals surface area contributed by atoms with Gasteiger partial charge in [-0.15, -0.1) is 0 Å². The Morgan fingerprint density at radius 1 is 1.05 bits per heavy atom. The minimum atomic E-state index is -0.871. The number of amides is 1. The second-order valence-corrected chi connectivity index (χ2v) is 4.86. The summed E-state index contributed by atoms with van der Waals surface area (Å²) in [7, 11) is 0. The normalized spacial score (nSPS) is 10.2. The fourth-order valence-electron chi connectivity index (χ4n) is 2.04. The first-order valence-corrected chi connectivity index (χ1v) is 7.21. The molecule has 0 heterocycles. The van der Waals surface area contributed by atoms with E-state index < -0.39 is 5.97 Å². The zero-order valence-electron chi connectivity index (χ0n) is 12.0. The standard InChI is InChI=1S/C16H23NO3/c1-2-3-4-8-12-17(13-11-15(18)19)16(20)14-9-6-5-7-10-14/h5-7,9-10H,2-4,8,11-13H2,1H3,(H,18,19). The maximum atomic E-state index is 12.4. The molecule has 0 spiro atoms. The summed E-state index contributed by atoms with van der Waals surface area (Å²) >= 11 is 0. The van der Waals surface area contributed by atoms with Gasteiger partial charge in [0.1, 0.15) is 0 Å². The molecule has 20 heavy (non-hydrogen) atoms. The molecule has 1 N–H and O–H groups in total. The Kier molecular flexibility index (Phi) is 7.40. The van der Waals surface area contributed by atoms with Gasteiger partial charge in [0, 0.05) is 18.7 Å². The lowest BCUT2D eigenvalue weighted by Crippen LogP contribution is -2.34. The maximum Gasteiger partial charge on any atom is 0.305 e. The molecular weight excluding hydrogens is 254 g/mol. The fraction of sp³-hybridized carbons (Fsp3) is 0.500. The predicted molar refractivity (Wildman–Crippen MR) is 78.7 cm³/mol. The summed E-state index contributed by atoms with van der Waals surface area (Å²) in [6, 6.07) is 9.03. The van der Waals surface area contributed by atoms with E-state index in [2.05, 4.69) is 6.92 Å². The van der Waals surface area contributed by atoms with Gasteiger partial charge in [0.2, 0.25) is 0 Å². The van der Waals surface area contributed by atoms with Crippen molar-refractivity contribution < 1.29 is 14.7 Å². The summed E-state index contributed by atoms with van der Waals surface area (Å²) in [5.74, 6) is -0.951. The number of hydrogen-bond acceptors (Lipinski definition) is 2. The molecule has 0 saturated carbocycles. The summed E-state index contributed by atoms with van der Waals surface area (Å²) in [5, 5.41) is 8.79. The third kappa shape index (κ3) is 5.87. The van der Waals surface area contributed by atoms with Crippen molar-refractivity contribution in [3.05, 3.63) is 35.9 Å². The van der Waals surface area contributed by atoms with Gasteiger partial charge >= 0.3 is 5.97 Å². The molecule has 0 aliphatic carbocycles. The highest BCUT2D eigenvalue weighted by Crippen LogP contribution is 2.08. The van der Waals surface area contributed by atoms with Gasteiger partial charge in [-0.3, -0.25) is 9.59 Å². The van der Waals surface area contributed by atoms with Gasteiger partial charge in [0.05, 0.1) is 6.42 Å². The number of hydrogen-bond donors (Lipinski definition) is 1. The van der Waals surface area contributed by atoms with Gasteiger partial charge in [0.25, 0.3) is 5.91 Å². The van der Waals surface area contributed by atoms with E-state index in [9.17, 15) is 9.59 Å². The second kappa shape index (κ2) is 9.13.